The fraction of sp³-hybridized carbons (Fsp3) is 0.680. The first-order chi connectivity index (χ1) is 14.5. The maximum absolute atomic E-state index is 12.6. The Morgan fingerprint density at radius 2 is 1.47 bits per heavy atom. The fourth-order valence-corrected chi connectivity index (χ4v) is 7.22. The maximum Gasteiger partial charge on any atom is 0.313 e. The van der Waals surface area contributed by atoms with Crippen molar-refractivity contribution in [1.29, 1.82) is 0 Å². The Balaban J connectivity index is 1.17. The highest BCUT2D eigenvalue weighted by atomic mass is 16.2. The van der Waals surface area contributed by atoms with E-state index in [1.54, 1.807) is 0 Å². The number of nitrogens with zero attached hydrogens (tertiary/aromatic N) is 1. The van der Waals surface area contributed by atoms with E-state index in [-0.39, 0.29) is 11.5 Å². The molecule has 5 nitrogen and oxygen atoms in total. The van der Waals surface area contributed by atoms with Crippen LogP contribution in [0.3, 0.4) is 0 Å². The molecule has 1 heterocycles. The lowest BCUT2D eigenvalue weighted by Crippen LogP contribution is -2.57. The van der Waals surface area contributed by atoms with Gasteiger partial charge in [0.05, 0.1) is 0 Å². The minimum absolute atomic E-state index is 0.0608. The van der Waals surface area contributed by atoms with Crippen molar-refractivity contribution in [2.45, 2.75) is 70.8 Å². The summed E-state index contributed by atoms with van der Waals surface area (Å²) >= 11 is 0. The van der Waals surface area contributed by atoms with E-state index < -0.39 is 11.8 Å². The van der Waals surface area contributed by atoms with Crippen LogP contribution in [0.25, 0.3) is 0 Å². The third-order valence-corrected chi connectivity index (χ3v) is 8.40. The van der Waals surface area contributed by atoms with Gasteiger partial charge in [-0.15, -0.1) is 0 Å². The second-order valence-corrected chi connectivity index (χ2v) is 10.5. The predicted molar refractivity (Wildman–Crippen MR) is 119 cm³/mol. The van der Waals surface area contributed by atoms with Gasteiger partial charge in [0.2, 0.25) is 0 Å². The van der Waals surface area contributed by atoms with E-state index in [4.69, 9.17) is 0 Å². The van der Waals surface area contributed by atoms with Crippen molar-refractivity contribution in [3.05, 3.63) is 24.3 Å². The number of nitrogens with one attached hydrogen (secondary N) is 2. The summed E-state index contributed by atoms with van der Waals surface area (Å²) < 4.78 is 0. The summed E-state index contributed by atoms with van der Waals surface area (Å²) in [6.45, 7) is 4.30. The molecule has 1 unspecified atom stereocenters. The molecule has 4 aliphatic carbocycles. The van der Waals surface area contributed by atoms with E-state index >= 15 is 0 Å². The Hall–Kier alpha value is -2.04. The van der Waals surface area contributed by atoms with Crippen LogP contribution < -0.4 is 15.5 Å². The monoisotopic (exact) mass is 409 g/mol. The highest BCUT2D eigenvalue weighted by molar-refractivity contribution is 6.39. The molecule has 2 N–H and O–H groups in total. The zero-order valence-electron chi connectivity index (χ0n) is 18.2. The van der Waals surface area contributed by atoms with E-state index in [0.717, 1.165) is 30.8 Å². The normalized spacial score (nSPS) is 33.2. The van der Waals surface area contributed by atoms with Gasteiger partial charge in [-0.1, -0.05) is 0 Å². The van der Waals surface area contributed by atoms with Crippen LogP contribution in [0.15, 0.2) is 24.3 Å². The van der Waals surface area contributed by atoms with Gasteiger partial charge in [-0.25, -0.2) is 0 Å². The number of carbonyl (C=O) groups excluding carboxylic acids is 2. The van der Waals surface area contributed by atoms with Gasteiger partial charge in [-0.05, 0) is 112 Å². The van der Waals surface area contributed by atoms with Crippen LogP contribution in [0.5, 0.6) is 0 Å². The molecule has 5 fully saturated rings. The number of amides is 2. The minimum atomic E-state index is -0.558. The molecule has 30 heavy (non-hydrogen) atoms. The molecular formula is C25H35N3O2. The van der Waals surface area contributed by atoms with Crippen LogP contribution >= 0.6 is 0 Å². The van der Waals surface area contributed by atoms with Crippen LogP contribution in [0.2, 0.25) is 0 Å². The molecule has 0 spiro atoms. The Morgan fingerprint density at radius 1 is 0.900 bits per heavy atom. The molecule has 5 heteroatoms. The second kappa shape index (κ2) is 7.90. The Labute approximate surface area is 180 Å². The Bertz CT molecular complexity index is 762. The lowest BCUT2D eigenvalue weighted by molar-refractivity contribution is -0.138. The standard InChI is InChI=1S/C25H35N3O2/c1-17(25-14-18-11-19(15-25)13-20(12-18)16-25)26-23(29)24(30)27-21-5-7-22(8-6-21)28-9-3-2-4-10-28/h5-8,17-20H,2-4,9-16H2,1H3,(H,26,29)(H,27,30). The topological polar surface area (TPSA) is 61.4 Å². The number of hydrogen-bond acceptors (Lipinski definition) is 3. The first-order valence-corrected chi connectivity index (χ1v) is 12.0. The van der Waals surface area contributed by atoms with Gasteiger partial charge in [0.1, 0.15) is 0 Å². The zero-order chi connectivity index (χ0) is 20.7. The van der Waals surface area contributed by atoms with E-state index in [1.165, 1.54) is 63.5 Å². The van der Waals surface area contributed by atoms with Gasteiger partial charge in [0.15, 0.2) is 0 Å². The molecule has 1 aromatic carbocycles. The third kappa shape index (κ3) is 3.83. The molecule has 6 rings (SSSR count). The van der Waals surface area contributed by atoms with Crippen molar-refractivity contribution < 1.29 is 9.59 Å². The summed E-state index contributed by atoms with van der Waals surface area (Å²) in [5.74, 6) is 1.45. The molecule has 2 amide bonds. The zero-order valence-corrected chi connectivity index (χ0v) is 18.2. The summed E-state index contributed by atoms with van der Waals surface area (Å²) in [6, 6.07) is 7.94. The molecule has 1 saturated heterocycles. The van der Waals surface area contributed by atoms with Crippen molar-refractivity contribution in [3.63, 3.8) is 0 Å². The van der Waals surface area contributed by atoms with Crippen molar-refractivity contribution >= 4 is 23.2 Å². The number of rotatable bonds is 4. The summed E-state index contributed by atoms with van der Waals surface area (Å²) in [5, 5.41) is 5.84. The molecule has 5 aliphatic rings. The average molecular weight is 410 g/mol. The highest BCUT2D eigenvalue weighted by Gasteiger charge is 2.53. The largest absolute Gasteiger partial charge is 0.372 e. The fourth-order valence-electron chi connectivity index (χ4n) is 7.22. The highest BCUT2D eigenvalue weighted by Crippen LogP contribution is 2.61. The number of carbonyl (C=O) groups is 2. The summed E-state index contributed by atoms with van der Waals surface area (Å²) in [4.78, 5) is 27.5. The summed E-state index contributed by atoms with van der Waals surface area (Å²) in [5.41, 5.74) is 2.08. The van der Waals surface area contributed by atoms with Crippen molar-refractivity contribution in [3.8, 4) is 0 Å². The molecule has 1 aliphatic heterocycles. The minimum Gasteiger partial charge on any atom is -0.372 e. The molecule has 162 valence electrons. The van der Waals surface area contributed by atoms with E-state index in [1.807, 2.05) is 24.3 Å². The molecule has 0 aromatic heterocycles. The molecular weight excluding hydrogens is 374 g/mol. The van der Waals surface area contributed by atoms with E-state index in [2.05, 4.69) is 22.5 Å². The number of piperidine rings is 1. The lowest BCUT2D eigenvalue weighted by atomic mass is 9.48. The first kappa shape index (κ1) is 19.9. The summed E-state index contributed by atoms with van der Waals surface area (Å²) in [7, 11) is 0. The van der Waals surface area contributed by atoms with Crippen LogP contribution in [-0.2, 0) is 9.59 Å². The van der Waals surface area contributed by atoms with Crippen molar-refractivity contribution in [2.24, 2.45) is 23.2 Å². The second-order valence-electron chi connectivity index (χ2n) is 10.5. The molecule has 1 atom stereocenters. The van der Waals surface area contributed by atoms with Gasteiger partial charge < -0.3 is 15.5 Å². The average Bonchev–Trinajstić information content (AvgIpc) is 2.74. The van der Waals surface area contributed by atoms with Crippen molar-refractivity contribution in [1.82, 2.24) is 5.32 Å². The number of benzene rings is 1. The van der Waals surface area contributed by atoms with Gasteiger partial charge in [-0.3, -0.25) is 9.59 Å². The lowest BCUT2D eigenvalue weighted by Gasteiger charge is -2.59. The first-order valence-electron chi connectivity index (χ1n) is 12.0. The number of anilines is 2. The molecule has 1 aromatic rings. The van der Waals surface area contributed by atoms with Gasteiger partial charge in [-0.2, -0.15) is 0 Å². The predicted octanol–water partition coefficient (Wildman–Crippen LogP) is 4.34. The number of hydrogen-bond donors (Lipinski definition) is 2. The van der Waals surface area contributed by atoms with Gasteiger partial charge in [0, 0.05) is 30.5 Å². The SMILES string of the molecule is CC(NC(=O)C(=O)Nc1ccc(N2CCCCC2)cc1)C12CC3CC(CC(C3)C1)C2. The van der Waals surface area contributed by atoms with Gasteiger partial charge in [0.25, 0.3) is 0 Å². The van der Waals surface area contributed by atoms with Crippen LogP contribution in [0, 0.1) is 23.2 Å². The summed E-state index contributed by atoms with van der Waals surface area (Å²) in [6.07, 6.45) is 11.6. The molecule has 4 saturated carbocycles. The molecule has 4 bridgehead atoms. The van der Waals surface area contributed by atoms with E-state index in [0.29, 0.717) is 5.69 Å². The molecule has 0 radical (unpaired) electrons. The maximum atomic E-state index is 12.6. The quantitative estimate of drug-likeness (QED) is 0.728. The van der Waals surface area contributed by atoms with Crippen LogP contribution in [-0.4, -0.2) is 30.9 Å². The van der Waals surface area contributed by atoms with Crippen LogP contribution in [0.4, 0.5) is 11.4 Å². The Kier molecular flexibility index (Phi) is 5.24. The van der Waals surface area contributed by atoms with Crippen molar-refractivity contribution in [2.75, 3.05) is 23.3 Å². The van der Waals surface area contributed by atoms with Crippen LogP contribution in [0.1, 0.15) is 64.7 Å². The Morgan fingerprint density at radius 3 is 2.03 bits per heavy atom. The van der Waals surface area contributed by atoms with Gasteiger partial charge >= 0.3 is 11.8 Å². The van der Waals surface area contributed by atoms with E-state index in [9.17, 15) is 9.59 Å². The smallest absolute Gasteiger partial charge is 0.313 e. The third-order valence-electron chi connectivity index (χ3n) is 8.40.